The SMILES string of the molecule is Cc1c(Cl)cccc1NC(=O)COC(=O)c1cc(S(=O)(=O)N(C)C)ccc1N1CCCCC1. The first-order chi connectivity index (χ1) is 15.6. The van der Waals surface area contributed by atoms with Crippen LogP contribution in [-0.2, 0) is 19.6 Å². The molecule has 178 valence electrons. The predicted octanol–water partition coefficient (Wildman–Crippen LogP) is 3.68. The van der Waals surface area contributed by atoms with Crippen molar-refractivity contribution in [3.63, 3.8) is 0 Å². The zero-order valence-corrected chi connectivity index (χ0v) is 20.5. The molecule has 1 fully saturated rings. The number of ether oxygens (including phenoxy) is 1. The Balaban J connectivity index is 1.81. The molecule has 0 unspecified atom stereocenters. The minimum atomic E-state index is -3.75. The molecule has 0 aliphatic carbocycles. The zero-order valence-electron chi connectivity index (χ0n) is 18.9. The standard InChI is InChI=1S/C23H28ClN3O5S/c1-16-19(24)8-7-9-20(16)25-22(28)15-32-23(29)18-14-17(33(30,31)26(2)3)10-11-21(18)27-12-5-4-6-13-27/h7-11,14H,4-6,12-13,15H2,1-3H3,(H,25,28). The van der Waals surface area contributed by atoms with Crippen LogP contribution < -0.4 is 10.2 Å². The van der Waals surface area contributed by atoms with Crippen molar-refractivity contribution < 1.29 is 22.7 Å². The van der Waals surface area contributed by atoms with E-state index < -0.39 is 28.5 Å². The van der Waals surface area contributed by atoms with E-state index in [9.17, 15) is 18.0 Å². The van der Waals surface area contributed by atoms with Gasteiger partial charge in [0.25, 0.3) is 5.91 Å². The van der Waals surface area contributed by atoms with Crippen LogP contribution in [0.2, 0.25) is 5.02 Å². The Morgan fingerprint density at radius 3 is 2.48 bits per heavy atom. The van der Waals surface area contributed by atoms with Gasteiger partial charge in [0.2, 0.25) is 10.0 Å². The summed E-state index contributed by atoms with van der Waals surface area (Å²) in [5.41, 5.74) is 1.94. The summed E-state index contributed by atoms with van der Waals surface area (Å²) in [6.45, 7) is 2.77. The van der Waals surface area contributed by atoms with Gasteiger partial charge in [0.05, 0.1) is 16.1 Å². The normalized spacial score (nSPS) is 14.3. The molecule has 8 nitrogen and oxygen atoms in total. The Morgan fingerprint density at radius 1 is 1.12 bits per heavy atom. The first kappa shape index (κ1) is 25.0. The van der Waals surface area contributed by atoms with Gasteiger partial charge < -0.3 is 15.0 Å². The molecule has 33 heavy (non-hydrogen) atoms. The molecule has 2 aromatic carbocycles. The van der Waals surface area contributed by atoms with Crippen LogP contribution >= 0.6 is 11.6 Å². The molecular weight excluding hydrogens is 466 g/mol. The summed E-state index contributed by atoms with van der Waals surface area (Å²) in [5, 5.41) is 3.18. The average molecular weight is 494 g/mol. The van der Waals surface area contributed by atoms with Crippen LogP contribution in [0.4, 0.5) is 11.4 Å². The Labute approximate surface area is 199 Å². The van der Waals surface area contributed by atoms with Crippen molar-refractivity contribution in [2.24, 2.45) is 0 Å². The predicted molar refractivity (Wildman–Crippen MR) is 128 cm³/mol. The van der Waals surface area contributed by atoms with E-state index in [-0.39, 0.29) is 10.5 Å². The molecule has 1 heterocycles. The number of esters is 1. The number of piperidine rings is 1. The number of sulfonamides is 1. The molecular formula is C23H28ClN3O5S. The highest BCUT2D eigenvalue weighted by Crippen LogP contribution is 2.28. The fourth-order valence-corrected chi connectivity index (χ4v) is 4.70. The summed E-state index contributed by atoms with van der Waals surface area (Å²) >= 11 is 6.08. The van der Waals surface area contributed by atoms with E-state index in [1.807, 2.05) is 4.90 Å². The highest BCUT2D eigenvalue weighted by Gasteiger charge is 2.25. The number of hydrogen-bond donors (Lipinski definition) is 1. The molecule has 0 saturated carbocycles. The number of carbonyl (C=O) groups excluding carboxylic acids is 2. The van der Waals surface area contributed by atoms with Crippen molar-refractivity contribution in [2.45, 2.75) is 31.1 Å². The van der Waals surface area contributed by atoms with E-state index in [0.29, 0.717) is 22.0 Å². The number of halogens is 1. The summed E-state index contributed by atoms with van der Waals surface area (Å²) in [4.78, 5) is 27.4. The largest absolute Gasteiger partial charge is 0.452 e. The summed E-state index contributed by atoms with van der Waals surface area (Å²) in [6.07, 6.45) is 3.06. The quantitative estimate of drug-likeness (QED) is 0.591. The van der Waals surface area contributed by atoms with E-state index in [4.69, 9.17) is 16.3 Å². The molecule has 3 rings (SSSR count). The van der Waals surface area contributed by atoms with Gasteiger partial charge in [-0.15, -0.1) is 0 Å². The Hall–Kier alpha value is -2.62. The third-order valence-corrected chi connectivity index (χ3v) is 7.76. The highest BCUT2D eigenvalue weighted by atomic mass is 35.5. The lowest BCUT2D eigenvalue weighted by Crippen LogP contribution is -2.31. The van der Waals surface area contributed by atoms with Crippen LogP contribution in [0, 0.1) is 6.92 Å². The molecule has 10 heteroatoms. The molecule has 2 aromatic rings. The smallest absolute Gasteiger partial charge is 0.340 e. The minimum absolute atomic E-state index is 0.0146. The van der Waals surface area contributed by atoms with Gasteiger partial charge in [-0.1, -0.05) is 17.7 Å². The highest BCUT2D eigenvalue weighted by molar-refractivity contribution is 7.89. The first-order valence-corrected chi connectivity index (χ1v) is 12.5. The van der Waals surface area contributed by atoms with Crippen molar-refractivity contribution in [1.29, 1.82) is 0 Å². The first-order valence-electron chi connectivity index (χ1n) is 10.6. The van der Waals surface area contributed by atoms with E-state index in [1.165, 1.54) is 26.2 Å². The van der Waals surface area contributed by atoms with Gasteiger partial charge in [0.1, 0.15) is 0 Å². The van der Waals surface area contributed by atoms with Gasteiger partial charge in [0.15, 0.2) is 6.61 Å². The second-order valence-corrected chi connectivity index (χ2v) is 10.6. The molecule has 1 aliphatic heterocycles. The molecule has 0 atom stereocenters. The van der Waals surface area contributed by atoms with Crippen molar-refractivity contribution in [3.05, 3.63) is 52.5 Å². The van der Waals surface area contributed by atoms with Crippen molar-refractivity contribution in [2.75, 3.05) is 44.0 Å². The van der Waals surface area contributed by atoms with Gasteiger partial charge in [-0.05, 0) is 62.1 Å². The van der Waals surface area contributed by atoms with Crippen LogP contribution in [0.15, 0.2) is 41.3 Å². The number of anilines is 2. The molecule has 1 saturated heterocycles. The van der Waals surface area contributed by atoms with Crippen molar-refractivity contribution >= 4 is 44.9 Å². The molecule has 1 amide bonds. The Kier molecular flexibility index (Phi) is 7.99. The molecule has 0 aromatic heterocycles. The number of hydrogen-bond acceptors (Lipinski definition) is 6. The fourth-order valence-electron chi connectivity index (χ4n) is 3.60. The van der Waals surface area contributed by atoms with Gasteiger partial charge in [-0.2, -0.15) is 0 Å². The van der Waals surface area contributed by atoms with E-state index >= 15 is 0 Å². The Bertz CT molecular complexity index is 1140. The Morgan fingerprint density at radius 2 is 1.82 bits per heavy atom. The van der Waals surface area contributed by atoms with Gasteiger partial charge in [-0.25, -0.2) is 17.5 Å². The number of rotatable bonds is 7. The maximum Gasteiger partial charge on any atom is 0.340 e. The van der Waals surface area contributed by atoms with Crippen molar-refractivity contribution in [1.82, 2.24) is 4.31 Å². The number of nitrogens with one attached hydrogen (secondary N) is 1. The van der Waals surface area contributed by atoms with Gasteiger partial charge in [0, 0.05) is 37.9 Å². The summed E-state index contributed by atoms with van der Waals surface area (Å²) < 4.78 is 31.6. The maximum absolute atomic E-state index is 13.0. The second-order valence-electron chi connectivity index (χ2n) is 8.05. The monoisotopic (exact) mass is 493 g/mol. The van der Waals surface area contributed by atoms with Crippen molar-refractivity contribution in [3.8, 4) is 0 Å². The third-order valence-electron chi connectivity index (χ3n) is 5.54. The number of carbonyl (C=O) groups is 2. The lowest BCUT2D eigenvalue weighted by Gasteiger charge is -2.30. The molecule has 0 radical (unpaired) electrons. The molecule has 1 N–H and O–H groups in total. The summed E-state index contributed by atoms with van der Waals surface area (Å²) in [6, 6.07) is 9.56. The molecule has 0 bridgehead atoms. The van der Waals surface area contributed by atoms with E-state index in [1.54, 1.807) is 31.2 Å². The average Bonchev–Trinajstić information content (AvgIpc) is 2.80. The third kappa shape index (κ3) is 5.85. The number of benzene rings is 2. The maximum atomic E-state index is 13.0. The zero-order chi connectivity index (χ0) is 24.2. The fraction of sp³-hybridized carbons (Fsp3) is 0.391. The lowest BCUT2D eigenvalue weighted by atomic mass is 10.1. The van der Waals surface area contributed by atoms with Crippen LogP contribution in [0.3, 0.4) is 0 Å². The van der Waals surface area contributed by atoms with Crippen LogP contribution in [-0.4, -0.2) is 58.4 Å². The molecule has 0 spiro atoms. The van der Waals surface area contributed by atoms with Crippen LogP contribution in [0.5, 0.6) is 0 Å². The summed E-state index contributed by atoms with van der Waals surface area (Å²) in [7, 11) is -0.897. The lowest BCUT2D eigenvalue weighted by molar-refractivity contribution is -0.119. The van der Waals surface area contributed by atoms with Crippen LogP contribution in [0.25, 0.3) is 0 Å². The topological polar surface area (TPSA) is 96.0 Å². The number of amides is 1. The molecule has 1 aliphatic rings. The van der Waals surface area contributed by atoms with Crippen LogP contribution in [0.1, 0.15) is 35.2 Å². The van der Waals surface area contributed by atoms with E-state index in [0.717, 1.165) is 36.7 Å². The number of nitrogens with zero attached hydrogens (tertiary/aromatic N) is 2. The minimum Gasteiger partial charge on any atom is -0.452 e. The second kappa shape index (κ2) is 10.5. The van der Waals surface area contributed by atoms with E-state index in [2.05, 4.69) is 5.32 Å². The van der Waals surface area contributed by atoms with Gasteiger partial charge >= 0.3 is 5.97 Å². The summed E-state index contributed by atoms with van der Waals surface area (Å²) in [5.74, 6) is -1.28. The van der Waals surface area contributed by atoms with Gasteiger partial charge in [-0.3, -0.25) is 4.79 Å².